The Kier molecular flexibility index (Phi) is 9.74. The monoisotopic (exact) mass is 409 g/mol. The molecule has 5 unspecified atom stereocenters. The number of rotatable bonds is 8. The minimum absolute atomic E-state index is 0.150. The number of hydrogen-bond donors (Lipinski definition) is 2. The van der Waals surface area contributed by atoms with Crippen molar-refractivity contribution >= 4 is 20.1 Å². The van der Waals surface area contributed by atoms with Crippen LogP contribution >= 0.6 is 8.03 Å². The number of esters is 1. The minimum Gasteiger partial charge on any atom is -0.425 e. The van der Waals surface area contributed by atoms with Gasteiger partial charge in [0.25, 0.3) is 0 Å². The molecular formula is C18H33FNO6P. The van der Waals surface area contributed by atoms with Gasteiger partial charge in [0, 0.05) is 13.1 Å². The van der Waals surface area contributed by atoms with Crippen LogP contribution in [0.15, 0.2) is 0 Å². The van der Waals surface area contributed by atoms with Crippen LogP contribution in [0.3, 0.4) is 0 Å². The summed E-state index contributed by atoms with van der Waals surface area (Å²) in [5.74, 6) is 0.0132. The van der Waals surface area contributed by atoms with Gasteiger partial charge in [-0.3, -0.25) is 14.7 Å². The standard InChI is InChI=1S/C18H33FNO6P/c1-12(25-16(21)18(2,3)4)26-17(22)20-15(19)9-8-13-6-5-7-14(10-13)11-27(23)24/h12-15,27H,5-11H2,1-4H3,(H,20,22)(H,23,24). The van der Waals surface area contributed by atoms with Crippen molar-refractivity contribution in [1.82, 2.24) is 5.32 Å². The third-order valence-electron chi connectivity index (χ3n) is 4.62. The van der Waals surface area contributed by atoms with Gasteiger partial charge in [-0.2, -0.15) is 0 Å². The second-order valence-electron chi connectivity index (χ2n) is 8.31. The third kappa shape index (κ3) is 10.1. The summed E-state index contributed by atoms with van der Waals surface area (Å²) in [5.41, 5.74) is -0.724. The number of hydrogen-bond acceptors (Lipinski definition) is 5. The topological polar surface area (TPSA) is 102 Å². The van der Waals surface area contributed by atoms with Crippen molar-refractivity contribution in [2.75, 3.05) is 6.16 Å². The molecule has 0 aromatic heterocycles. The second-order valence-corrected chi connectivity index (χ2v) is 9.51. The van der Waals surface area contributed by atoms with Crippen LogP contribution in [0, 0.1) is 17.3 Å². The quantitative estimate of drug-likeness (QED) is 0.272. The molecule has 0 heterocycles. The highest BCUT2D eigenvalue weighted by atomic mass is 31.1. The number of halogens is 1. The Morgan fingerprint density at radius 1 is 1.26 bits per heavy atom. The van der Waals surface area contributed by atoms with Crippen molar-refractivity contribution in [3.8, 4) is 0 Å². The number of carbonyl (C=O) groups is 2. The first kappa shape index (κ1) is 23.9. The van der Waals surface area contributed by atoms with Crippen molar-refractivity contribution in [2.24, 2.45) is 17.3 Å². The van der Waals surface area contributed by atoms with Crippen LogP contribution in [0.2, 0.25) is 0 Å². The van der Waals surface area contributed by atoms with Gasteiger partial charge in [0.1, 0.15) is 0 Å². The van der Waals surface area contributed by atoms with Gasteiger partial charge in [-0.25, -0.2) is 9.18 Å². The Labute approximate surface area is 161 Å². The Balaban J connectivity index is 2.29. The molecule has 1 fully saturated rings. The molecule has 1 aliphatic carbocycles. The van der Waals surface area contributed by atoms with Crippen LogP contribution in [-0.4, -0.2) is 35.7 Å². The lowest BCUT2D eigenvalue weighted by atomic mass is 9.80. The normalized spacial score (nSPS) is 23.8. The van der Waals surface area contributed by atoms with Crippen LogP contribution in [0.1, 0.15) is 66.2 Å². The molecule has 1 amide bonds. The zero-order valence-electron chi connectivity index (χ0n) is 16.6. The Morgan fingerprint density at radius 2 is 1.89 bits per heavy atom. The fourth-order valence-electron chi connectivity index (χ4n) is 3.22. The van der Waals surface area contributed by atoms with E-state index in [-0.39, 0.29) is 12.3 Å². The van der Waals surface area contributed by atoms with Gasteiger partial charge in [-0.05, 0) is 58.3 Å². The zero-order valence-corrected chi connectivity index (χ0v) is 17.6. The molecule has 7 nitrogen and oxygen atoms in total. The Hall–Kier alpha value is -1.14. The highest BCUT2D eigenvalue weighted by Gasteiger charge is 2.27. The molecule has 0 aromatic carbocycles. The number of ether oxygens (including phenoxy) is 2. The number of carbonyl (C=O) groups excluding carboxylic acids is 2. The van der Waals surface area contributed by atoms with E-state index < -0.39 is 38.1 Å². The van der Waals surface area contributed by atoms with E-state index >= 15 is 0 Å². The summed E-state index contributed by atoms with van der Waals surface area (Å²) in [4.78, 5) is 32.5. The average Bonchev–Trinajstić information content (AvgIpc) is 2.51. The van der Waals surface area contributed by atoms with E-state index in [1.807, 2.05) is 0 Å². The molecule has 0 bridgehead atoms. The molecule has 27 heavy (non-hydrogen) atoms. The van der Waals surface area contributed by atoms with Gasteiger partial charge in [-0.15, -0.1) is 0 Å². The summed E-state index contributed by atoms with van der Waals surface area (Å²) in [6.45, 7) is 6.42. The molecule has 158 valence electrons. The first-order chi connectivity index (χ1) is 12.5. The smallest absolute Gasteiger partial charge is 0.412 e. The predicted molar refractivity (Wildman–Crippen MR) is 100 cm³/mol. The third-order valence-corrected chi connectivity index (χ3v) is 5.54. The van der Waals surface area contributed by atoms with Crippen molar-refractivity contribution < 1.29 is 32.9 Å². The molecule has 0 saturated heterocycles. The highest BCUT2D eigenvalue weighted by Crippen LogP contribution is 2.36. The fourth-order valence-corrected chi connectivity index (χ4v) is 4.08. The van der Waals surface area contributed by atoms with Gasteiger partial charge in [-0.1, -0.05) is 12.8 Å². The lowest BCUT2D eigenvalue weighted by molar-refractivity contribution is -0.174. The van der Waals surface area contributed by atoms with Crippen LogP contribution in [0.5, 0.6) is 0 Å². The van der Waals surface area contributed by atoms with E-state index in [1.165, 1.54) is 6.92 Å². The van der Waals surface area contributed by atoms with Crippen LogP contribution in [-0.2, 0) is 18.8 Å². The van der Waals surface area contributed by atoms with Gasteiger partial charge >= 0.3 is 12.1 Å². The maximum atomic E-state index is 14.0. The fraction of sp³-hybridized carbons (Fsp3) is 0.889. The van der Waals surface area contributed by atoms with Crippen molar-refractivity contribution in [2.45, 2.75) is 78.8 Å². The van der Waals surface area contributed by atoms with Gasteiger partial charge in [0.05, 0.1) is 5.41 Å². The molecule has 0 spiro atoms. The SMILES string of the molecule is CC(OC(=O)NC(F)CCC1CCCC(C[PH](=O)O)C1)OC(=O)C(C)(C)C. The number of alkyl carbamates (subject to hydrolysis) is 1. The molecule has 0 aromatic rings. The number of amides is 1. The van der Waals surface area contributed by atoms with E-state index in [1.54, 1.807) is 20.8 Å². The van der Waals surface area contributed by atoms with Crippen LogP contribution < -0.4 is 5.32 Å². The van der Waals surface area contributed by atoms with Crippen molar-refractivity contribution in [3.63, 3.8) is 0 Å². The predicted octanol–water partition coefficient (Wildman–Crippen LogP) is 4.00. The van der Waals surface area contributed by atoms with E-state index in [4.69, 9.17) is 14.4 Å². The summed E-state index contributed by atoms with van der Waals surface area (Å²) >= 11 is 0. The van der Waals surface area contributed by atoms with E-state index in [2.05, 4.69) is 5.32 Å². The molecule has 1 aliphatic rings. The summed E-state index contributed by atoms with van der Waals surface area (Å²) in [6, 6.07) is 0. The van der Waals surface area contributed by atoms with Gasteiger partial charge in [0.15, 0.2) is 14.3 Å². The number of alkyl halides is 1. The summed E-state index contributed by atoms with van der Waals surface area (Å²) in [7, 11) is -2.47. The van der Waals surface area contributed by atoms with Gasteiger partial charge in [0.2, 0.25) is 6.29 Å². The minimum atomic E-state index is -2.47. The molecule has 0 radical (unpaired) electrons. The van der Waals surface area contributed by atoms with E-state index in [0.29, 0.717) is 18.5 Å². The van der Waals surface area contributed by atoms with E-state index in [0.717, 1.165) is 25.7 Å². The van der Waals surface area contributed by atoms with Crippen LogP contribution in [0.4, 0.5) is 9.18 Å². The Bertz CT molecular complexity index is 524. The molecular weight excluding hydrogens is 376 g/mol. The van der Waals surface area contributed by atoms with Crippen molar-refractivity contribution in [3.05, 3.63) is 0 Å². The lowest BCUT2D eigenvalue weighted by Crippen LogP contribution is -2.37. The molecule has 5 atom stereocenters. The summed E-state index contributed by atoms with van der Waals surface area (Å²) in [6.07, 6.45) is 1.18. The van der Waals surface area contributed by atoms with Gasteiger partial charge < -0.3 is 14.4 Å². The zero-order chi connectivity index (χ0) is 20.6. The van der Waals surface area contributed by atoms with Crippen LogP contribution in [0.25, 0.3) is 0 Å². The average molecular weight is 409 g/mol. The maximum absolute atomic E-state index is 14.0. The summed E-state index contributed by atoms with van der Waals surface area (Å²) < 4.78 is 34.8. The molecule has 9 heteroatoms. The number of nitrogens with one attached hydrogen (secondary N) is 1. The largest absolute Gasteiger partial charge is 0.425 e. The molecule has 0 aliphatic heterocycles. The maximum Gasteiger partial charge on any atom is 0.412 e. The van der Waals surface area contributed by atoms with E-state index in [9.17, 15) is 18.5 Å². The first-order valence-electron chi connectivity index (χ1n) is 9.51. The highest BCUT2D eigenvalue weighted by molar-refractivity contribution is 7.38. The summed E-state index contributed by atoms with van der Waals surface area (Å²) in [5, 5.41) is 2.10. The molecule has 1 saturated carbocycles. The first-order valence-corrected chi connectivity index (χ1v) is 11.1. The molecule has 1 rings (SSSR count). The Morgan fingerprint density at radius 3 is 2.48 bits per heavy atom. The second kappa shape index (κ2) is 11.0. The lowest BCUT2D eigenvalue weighted by Gasteiger charge is -2.29. The van der Waals surface area contributed by atoms with Crippen molar-refractivity contribution in [1.29, 1.82) is 0 Å². The molecule has 2 N–H and O–H groups in total.